The minimum absolute atomic E-state index is 0.220. The van der Waals surface area contributed by atoms with Gasteiger partial charge in [-0.15, -0.1) is 11.3 Å². The summed E-state index contributed by atoms with van der Waals surface area (Å²) in [6.07, 6.45) is -0.652. The smallest absolute Gasteiger partial charge is 0.191 e. The van der Waals surface area contributed by atoms with Crippen molar-refractivity contribution >= 4 is 17.3 Å². The highest BCUT2D eigenvalue weighted by Gasteiger charge is 2.09. The summed E-state index contributed by atoms with van der Waals surface area (Å²) < 4.78 is 5.63. The van der Waals surface area contributed by atoms with Gasteiger partial charge in [-0.1, -0.05) is 25.1 Å². The molecule has 2 rings (SSSR count). The van der Waals surface area contributed by atoms with Crippen LogP contribution < -0.4 is 15.4 Å². The number of aliphatic hydroxyl groups is 1. The van der Waals surface area contributed by atoms with Crippen LogP contribution in [0.2, 0.25) is 0 Å². The number of hydrogen-bond donors (Lipinski definition) is 3. The van der Waals surface area contributed by atoms with Crippen molar-refractivity contribution in [1.82, 2.24) is 10.6 Å². The van der Waals surface area contributed by atoms with Gasteiger partial charge in [0.1, 0.15) is 18.5 Å². The van der Waals surface area contributed by atoms with Crippen LogP contribution >= 0.6 is 11.3 Å². The van der Waals surface area contributed by atoms with Gasteiger partial charge in [-0.25, -0.2) is 0 Å². The molecule has 0 saturated carbocycles. The van der Waals surface area contributed by atoms with Gasteiger partial charge in [0.2, 0.25) is 0 Å². The topological polar surface area (TPSA) is 65.9 Å². The SMILES string of the molecule is CCNC(=NCC(O)COc1cccc(C)c1)NCC(C)c1cccs1. The molecule has 0 bridgehead atoms. The summed E-state index contributed by atoms with van der Waals surface area (Å²) in [5, 5.41) is 18.8. The van der Waals surface area contributed by atoms with Crippen LogP contribution in [0.25, 0.3) is 0 Å². The Labute approximate surface area is 160 Å². The van der Waals surface area contributed by atoms with E-state index in [1.165, 1.54) is 4.88 Å². The molecule has 0 fully saturated rings. The zero-order valence-corrected chi connectivity index (χ0v) is 16.6. The molecule has 0 saturated heterocycles. The zero-order chi connectivity index (χ0) is 18.8. The minimum Gasteiger partial charge on any atom is -0.491 e. The van der Waals surface area contributed by atoms with E-state index >= 15 is 0 Å². The van der Waals surface area contributed by atoms with E-state index in [0.717, 1.165) is 24.4 Å². The average Bonchev–Trinajstić information content (AvgIpc) is 3.17. The molecule has 1 aromatic heterocycles. The maximum Gasteiger partial charge on any atom is 0.191 e. The Balaban J connectivity index is 1.79. The van der Waals surface area contributed by atoms with Gasteiger partial charge in [0.05, 0.1) is 6.54 Å². The van der Waals surface area contributed by atoms with E-state index < -0.39 is 6.10 Å². The first-order chi connectivity index (χ1) is 12.6. The highest BCUT2D eigenvalue weighted by atomic mass is 32.1. The molecule has 1 heterocycles. The summed E-state index contributed by atoms with van der Waals surface area (Å²) in [6.45, 7) is 8.30. The predicted molar refractivity (Wildman–Crippen MR) is 109 cm³/mol. The van der Waals surface area contributed by atoms with E-state index in [1.807, 2.05) is 38.1 Å². The molecule has 2 atom stereocenters. The first-order valence-corrected chi connectivity index (χ1v) is 9.89. The van der Waals surface area contributed by atoms with Crippen LogP contribution in [0.3, 0.4) is 0 Å². The standard InChI is InChI=1S/C20H29N3O2S/c1-4-21-20(22-12-16(3)19-9-6-10-26-19)23-13-17(24)14-25-18-8-5-7-15(2)11-18/h5-11,16-17,24H,4,12-14H2,1-3H3,(H2,21,22,23). The lowest BCUT2D eigenvalue weighted by atomic mass is 10.1. The largest absolute Gasteiger partial charge is 0.491 e. The Morgan fingerprint density at radius 1 is 1.27 bits per heavy atom. The number of rotatable bonds is 9. The van der Waals surface area contributed by atoms with E-state index in [9.17, 15) is 5.11 Å². The van der Waals surface area contributed by atoms with Crippen molar-refractivity contribution in [1.29, 1.82) is 0 Å². The second kappa shape index (κ2) is 10.8. The monoisotopic (exact) mass is 375 g/mol. The highest BCUT2D eigenvalue weighted by molar-refractivity contribution is 7.10. The van der Waals surface area contributed by atoms with Crippen molar-refractivity contribution in [2.45, 2.75) is 32.8 Å². The first kappa shape index (κ1) is 20.3. The summed E-state index contributed by atoms with van der Waals surface area (Å²) in [6, 6.07) is 12.0. The molecule has 2 unspecified atom stereocenters. The fourth-order valence-corrected chi connectivity index (χ4v) is 3.20. The zero-order valence-electron chi connectivity index (χ0n) is 15.7. The summed E-state index contributed by atoms with van der Waals surface area (Å²) >= 11 is 1.76. The lowest BCUT2D eigenvalue weighted by Gasteiger charge is -2.16. The molecule has 0 spiro atoms. The predicted octanol–water partition coefficient (Wildman–Crippen LogP) is 3.16. The third-order valence-electron chi connectivity index (χ3n) is 3.84. The second-order valence-electron chi connectivity index (χ2n) is 6.30. The number of hydrogen-bond acceptors (Lipinski definition) is 4. The van der Waals surface area contributed by atoms with Crippen molar-refractivity contribution < 1.29 is 9.84 Å². The van der Waals surface area contributed by atoms with Gasteiger partial charge in [0, 0.05) is 23.9 Å². The van der Waals surface area contributed by atoms with E-state index in [4.69, 9.17) is 4.74 Å². The van der Waals surface area contributed by atoms with Gasteiger partial charge in [-0.3, -0.25) is 4.99 Å². The number of guanidine groups is 1. The van der Waals surface area contributed by atoms with E-state index in [0.29, 0.717) is 11.9 Å². The van der Waals surface area contributed by atoms with Crippen molar-refractivity contribution in [3.05, 3.63) is 52.2 Å². The molecule has 0 radical (unpaired) electrons. The lowest BCUT2D eigenvalue weighted by molar-refractivity contribution is 0.114. The molecule has 6 heteroatoms. The Bertz CT molecular complexity index is 673. The molecular weight excluding hydrogens is 346 g/mol. The third-order valence-corrected chi connectivity index (χ3v) is 4.94. The lowest BCUT2D eigenvalue weighted by Crippen LogP contribution is -2.39. The Morgan fingerprint density at radius 2 is 2.12 bits per heavy atom. The highest BCUT2D eigenvalue weighted by Crippen LogP contribution is 2.19. The van der Waals surface area contributed by atoms with Gasteiger partial charge in [0.15, 0.2) is 5.96 Å². The minimum atomic E-state index is -0.652. The van der Waals surface area contributed by atoms with Crippen LogP contribution in [-0.4, -0.2) is 43.4 Å². The fourth-order valence-electron chi connectivity index (χ4n) is 2.41. The molecule has 0 aliphatic rings. The Kier molecular flexibility index (Phi) is 8.44. The number of benzene rings is 1. The van der Waals surface area contributed by atoms with Crippen molar-refractivity contribution in [3.8, 4) is 5.75 Å². The van der Waals surface area contributed by atoms with Gasteiger partial charge < -0.3 is 20.5 Å². The van der Waals surface area contributed by atoms with Gasteiger partial charge in [-0.2, -0.15) is 0 Å². The fraction of sp³-hybridized carbons (Fsp3) is 0.450. The van der Waals surface area contributed by atoms with Crippen LogP contribution in [0.4, 0.5) is 0 Å². The molecule has 26 heavy (non-hydrogen) atoms. The molecule has 5 nitrogen and oxygen atoms in total. The quantitative estimate of drug-likeness (QED) is 0.465. The maximum absolute atomic E-state index is 10.1. The maximum atomic E-state index is 10.1. The molecule has 2 aromatic rings. The number of thiophene rings is 1. The van der Waals surface area contributed by atoms with Crippen LogP contribution in [0.5, 0.6) is 5.75 Å². The summed E-state index contributed by atoms with van der Waals surface area (Å²) in [7, 11) is 0. The number of ether oxygens (including phenoxy) is 1. The van der Waals surface area contributed by atoms with Crippen molar-refractivity contribution in [2.24, 2.45) is 4.99 Å². The molecule has 142 valence electrons. The number of nitrogens with one attached hydrogen (secondary N) is 2. The number of nitrogens with zero attached hydrogens (tertiary/aromatic N) is 1. The first-order valence-electron chi connectivity index (χ1n) is 9.01. The second-order valence-corrected chi connectivity index (χ2v) is 7.28. The Morgan fingerprint density at radius 3 is 2.81 bits per heavy atom. The molecule has 3 N–H and O–H groups in total. The molecular formula is C20H29N3O2S. The van der Waals surface area contributed by atoms with Crippen LogP contribution in [0.1, 0.15) is 30.2 Å². The van der Waals surface area contributed by atoms with Crippen LogP contribution in [-0.2, 0) is 0 Å². The number of aliphatic imine (C=N–C) groups is 1. The van der Waals surface area contributed by atoms with Gasteiger partial charge >= 0.3 is 0 Å². The number of aryl methyl sites for hydroxylation is 1. The molecule has 0 aliphatic carbocycles. The van der Waals surface area contributed by atoms with Gasteiger partial charge in [-0.05, 0) is 43.0 Å². The Hall–Kier alpha value is -2.05. The normalized spacial score (nSPS) is 13.9. The van der Waals surface area contributed by atoms with Crippen LogP contribution in [0.15, 0.2) is 46.8 Å². The summed E-state index contributed by atoms with van der Waals surface area (Å²) in [5.41, 5.74) is 1.13. The third kappa shape index (κ3) is 7.06. The average molecular weight is 376 g/mol. The van der Waals surface area contributed by atoms with E-state index in [-0.39, 0.29) is 13.2 Å². The van der Waals surface area contributed by atoms with E-state index in [1.54, 1.807) is 11.3 Å². The molecule has 0 aliphatic heterocycles. The van der Waals surface area contributed by atoms with Crippen molar-refractivity contribution in [2.75, 3.05) is 26.2 Å². The van der Waals surface area contributed by atoms with Gasteiger partial charge in [0.25, 0.3) is 0 Å². The number of aliphatic hydroxyl groups excluding tert-OH is 1. The molecule has 1 aromatic carbocycles. The molecule has 0 amide bonds. The van der Waals surface area contributed by atoms with Crippen LogP contribution in [0, 0.1) is 6.92 Å². The van der Waals surface area contributed by atoms with E-state index in [2.05, 4.69) is 40.1 Å². The van der Waals surface area contributed by atoms with Crippen molar-refractivity contribution in [3.63, 3.8) is 0 Å². The summed E-state index contributed by atoms with van der Waals surface area (Å²) in [5.74, 6) is 1.89. The summed E-state index contributed by atoms with van der Waals surface area (Å²) in [4.78, 5) is 5.81.